The van der Waals surface area contributed by atoms with Crippen LogP contribution in [0.3, 0.4) is 0 Å². The van der Waals surface area contributed by atoms with E-state index in [1.54, 1.807) is 23.2 Å². The monoisotopic (exact) mass is 384 g/mol. The van der Waals surface area contributed by atoms with Crippen LogP contribution in [0.25, 0.3) is 0 Å². The number of fused-ring (bicyclic) bond motifs is 1. The van der Waals surface area contributed by atoms with Crippen LogP contribution in [0.1, 0.15) is 27.1 Å². The van der Waals surface area contributed by atoms with Crippen molar-refractivity contribution in [2.45, 2.75) is 12.7 Å². The Labute approximate surface area is 157 Å². The van der Waals surface area contributed by atoms with E-state index in [9.17, 15) is 19.3 Å². The molecule has 3 aromatic rings. The molecule has 0 saturated carbocycles. The summed E-state index contributed by atoms with van der Waals surface area (Å²) in [4.78, 5) is 30.0. The molecular formula is C18H13FN4O3S. The minimum Gasteiger partial charge on any atom is -0.360 e. The van der Waals surface area contributed by atoms with Gasteiger partial charge in [0, 0.05) is 22.8 Å². The summed E-state index contributed by atoms with van der Waals surface area (Å²) < 4.78 is 13.6. The van der Waals surface area contributed by atoms with Crippen LogP contribution < -0.4 is 5.32 Å². The number of halogens is 1. The maximum absolute atomic E-state index is 13.6. The molecule has 0 fully saturated rings. The molecular weight excluding hydrogens is 371 g/mol. The molecule has 4 rings (SSSR count). The first kappa shape index (κ1) is 17.1. The third kappa shape index (κ3) is 3.13. The number of hydrogen-bond donors (Lipinski definition) is 1. The predicted octanol–water partition coefficient (Wildman–Crippen LogP) is 3.96. The number of anilines is 1. The van der Waals surface area contributed by atoms with Gasteiger partial charge in [-0.1, -0.05) is 6.07 Å². The second kappa shape index (κ2) is 6.76. The average molecular weight is 384 g/mol. The van der Waals surface area contributed by atoms with E-state index in [1.807, 2.05) is 17.5 Å². The molecule has 0 radical (unpaired) electrons. The van der Waals surface area contributed by atoms with Crippen molar-refractivity contribution in [3.05, 3.63) is 86.1 Å². The third-order valence-corrected chi connectivity index (χ3v) is 5.11. The van der Waals surface area contributed by atoms with Gasteiger partial charge < -0.3 is 10.2 Å². The molecule has 0 spiro atoms. The molecule has 1 atom stereocenters. The molecule has 0 unspecified atom stereocenters. The fourth-order valence-corrected chi connectivity index (χ4v) is 3.72. The molecule has 1 N–H and O–H groups in total. The lowest BCUT2D eigenvalue weighted by Gasteiger charge is -2.26. The first-order valence-corrected chi connectivity index (χ1v) is 8.91. The van der Waals surface area contributed by atoms with Crippen molar-refractivity contribution in [1.29, 1.82) is 0 Å². The Balaban J connectivity index is 1.70. The van der Waals surface area contributed by atoms with E-state index in [0.717, 1.165) is 17.0 Å². The minimum atomic E-state index is -0.915. The van der Waals surface area contributed by atoms with Gasteiger partial charge in [0.1, 0.15) is 6.17 Å². The number of carbonyl (C=O) groups excluding carboxylic acids is 1. The number of benzene rings is 1. The molecule has 136 valence electrons. The Morgan fingerprint density at radius 3 is 2.89 bits per heavy atom. The molecule has 1 aliphatic heterocycles. The number of carbonyl (C=O) groups is 1. The van der Waals surface area contributed by atoms with Crippen molar-refractivity contribution >= 4 is 28.6 Å². The second-order valence-electron chi connectivity index (χ2n) is 5.92. The van der Waals surface area contributed by atoms with E-state index in [0.29, 0.717) is 23.5 Å². The molecule has 3 heterocycles. The maximum Gasteiger partial charge on any atom is 0.306 e. The van der Waals surface area contributed by atoms with Gasteiger partial charge in [0.2, 0.25) is 5.82 Å². The van der Waals surface area contributed by atoms with Crippen LogP contribution >= 0.6 is 11.3 Å². The summed E-state index contributed by atoms with van der Waals surface area (Å²) in [6.45, 7) is 0.369. The molecule has 9 heteroatoms. The Kier molecular flexibility index (Phi) is 4.28. The Bertz CT molecular complexity index is 1030. The fraction of sp³-hybridized carbons (Fsp3) is 0.111. The van der Waals surface area contributed by atoms with E-state index >= 15 is 0 Å². The molecule has 0 aliphatic carbocycles. The molecule has 7 nitrogen and oxygen atoms in total. The number of rotatable bonds is 5. The zero-order valence-corrected chi connectivity index (χ0v) is 14.6. The highest BCUT2D eigenvalue weighted by Crippen LogP contribution is 2.35. The molecule has 0 bridgehead atoms. The number of nitrogens with one attached hydrogen (secondary N) is 1. The number of amides is 1. The van der Waals surface area contributed by atoms with Gasteiger partial charge in [-0.3, -0.25) is 19.9 Å². The number of nitro groups is 1. The largest absolute Gasteiger partial charge is 0.360 e. The minimum absolute atomic E-state index is 0.180. The average Bonchev–Trinajstić information content (AvgIpc) is 3.26. The summed E-state index contributed by atoms with van der Waals surface area (Å²) in [6, 6.07) is 10.7. The van der Waals surface area contributed by atoms with Crippen molar-refractivity contribution in [1.82, 2.24) is 9.88 Å². The Hall–Kier alpha value is -3.33. The van der Waals surface area contributed by atoms with Crippen LogP contribution in [0.2, 0.25) is 0 Å². The lowest BCUT2D eigenvalue weighted by atomic mass is 10.2. The van der Waals surface area contributed by atoms with E-state index < -0.39 is 22.6 Å². The van der Waals surface area contributed by atoms with Gasteiger partial charge in [-0.05, 0) is 35.7 Å². The zero-order chi connectivity index (χ0) is 19.0. The van der Waals surface area contributed by atoms with Gasteiger partial charge in [0.05, 0.1) is 22.7 Å². The second-order valence-corrected chi connectivity index (χ2v) is 6.95. The number of thiophene rings is 1. The third-order valence-electron chi connectivity index (χ3n) is 4.25. The number of pyridine rings is 1. The predicted molar refractivity (Wildman–Crippen MR) is 97.8 cm³/mol. The highest BCUT2D eigenvalue weighted by Gasteiger charge is 2.38. The normalized spacial score (nSPS) is 15.7. The van der Waals surface area contributed by atoms with Crippen molar-refractivity contribution in [3.8, 4) is 0 Å². The van der Waals surface area contributed by atoms with Crippen LogP contribution in [-0.4, -0.2) is 20.7 Å². The quantitative estimate of drug-likeness (QED) is 0.531. The molecule has 0 saturated heterocycles. The van der Waals surface area contributed by atoms with Gasteiger partial charge in [-0.25, -0.2) is 0 Å². The Morgan fingerprint density at radius 2 is 2.15 bits per heavy atom. The standard InChI is InChI=1S/C18H13FN4O3S/c19-14-6-5-11(9-15(14)23(25)26)21-17-16-13(4-1-7-20-16)18(24)22(17)10-12-3-2-8-27-12/h1-9,17,21H,10H2/t17-/m1/s1. The van der Waals surface area contributed by atoms with Crippen LogP contribution in [0.5, 0.6) is 0 Å². The SMILES string of the molecule is O=C1c2cccnc2[C@H](Nc2ccc(F)c([N+](=O)[O-])c2)N1Cc1cccs1. The highest BCUT2D eigenvalue weighted by molar-refractivity contribution is 7.09. The lowest BCUT2D eigenvalue weighted by molar-refractivity contribution is -0.387. The lowest BCUT2D eigenvalue weighted by Crippen LogP contribution is -2.31. The summed E-state index contributed by atoms with van der Waals surface area (Å²) in [5, 5.41) is 16.0. The summed E-state index contributed by atoms with van der Waals surface area (Å²) >= 11 is 1.53. The summed E-state index contributed by atoms with van der Waals surface area (Å²) in [5.74, 6) is -1.09. The molecule has 1 aromatic carbocycles. The van der Waals surface area contributed by atoms with Gasteiger partial charge in [0.15, 0.2) is 0 Å². The smallest absolute Gasteiger partial charge is 0.306 e. The number of aromatic nitrogens is 1. The number of nitro benzene ring substituents is 1. The van der Waals surface area contributed by atoms with Crippen LogP contribution in [0, 0.1) is 15.9 Å². The van der Waals surface area contributed by atoms with Gasteiger partial charge >= 0.3 is 5.69 Å². The molecule has 2 aromatic heterocycles. The van der Waals surface area contributed by atoms with Crippen molar-refractivity contribution in [2.75, 3.05) is 5.32 Å². The fourth-order valence-electron chi connectivity index (χ4n) is 3.02. The zero-order valence-electron chi connectivity index (χ0n) is 13.8. The maximum atomic E-state index is 13.6. The van der Waals surface area contributed by atoms with E-state index in [4.69, 9.17) is 0 Å². The van der Waals surface area contributed by atoms with E-state index in [2.05, 4.69) is 10.3 Å². The van der Waals surface area contributed by atoms with Gasteiger partial charge in [-0.2, -0.15) is 4.39 Å². The van der Waals surface area contributed by atoms with Crippen LogP contribution in [-0.2, 0) is 6.54 Å². The van der Waals surface area contributed by atoms with Crippen LogP contribution in [0.15, 0.2) is 54.0 Å². The summed E-state index contributed by atoms with van der Waals surface area (Å²) in [6.07, 6.45) is 0.976. The summed E-state index contributed by atoms with van der Waals surface area (Å²) in [5.41, 5.74) is 0.708. The number of nitrogens with zero attached hydrogens (tertiary/aromatic N) is 3. The van der Waals surface area contributed by atoms with Crippen LogP contribution in [0.4, 0.5) is 15.8 Å². The highest BCUT2D eigenvalue weighted by atomic mass is 32.1. The first-order valence-electron chi connectivity index (χ1n) is 8.03. The topological polar surface area (TPSA) is 88.4 Å². The van der Waals surface area contributed by atoms with E-state index in [1.165, 1.54) is 17.4 Å². The molecule has 1 aliphatic rings. The van der Waals surface area contributed by atoms with Gasteiger partial charge in [0.25, 0.3) is 5.91 Å². The summed E-state index contributed by atoms with van der Waals surface area (Å²) in [7, 11) is 0. The molecule has 1 amide bonds. The Morgan fingerprint density at radius 1 is 1.30 bits per heavy atom. The first-order chi connectivity index (χ1) is 13.0. The van der Waals surface area contributed by atoms with Crippen molar-refractivity contribution in [3.63, 3.8) is 0 Å². The molecule has 27 heavy (non-hydrogen) atoms. The van der Waals surface area contributed by atoms with Crippen molar-refractivity contribution in [2.24, 2.45) is 0 Å². The van der Waals surface area contributed by atoms with Crippen molar-refractivity contribution < 1.29 is 14.1 Å². The number of hydrogen-bond acceptors (Lipinski definition) is 6. The van der Waals surface area contributed by atoms with E-state index in [-0.39, 0.29) is 5.91 Å². The van der Waals surface area contributed by atoms with Gasteiger partial charge in [-0.15, -0.1) is 11.3 Å².